The van der Waals surface area contributed by atoms with Gasteiger partial charge in [-0.1, -0.05) is 6.92 Å². The largest absolute Gasteiger partial charge is 0.494 e. The van der Waals surface area contributed by atoms with Crippen LogP contribution in [-0.4, -0.2) is 44.5 Å². The van der Waals surface area contributed by atoms with Gasteiger partial charge in [0.15, 0.2) is 5.11 Å². The van der Waals surface area contributed by atoms with Gasteiger partial charge in [0.05, 0.1) is 12.7 Å². The van der Waals surface area contributed by atoms with Crippen molar-refractivity contribution in [3.63, 3.8) is 0 Å². The first-order valence-electron chi connectivity index (χ1n) is 11.3. The normalized spacial score (nSPS) is 20.0. The number of aromatic nitrogens is 1. The number of amides is 1. The number of carbonyl (C=O) groups is 1. The Morgan fingerprint density at radius 2 is 2.09 bits per heavy atom. The summed E-state index contributed by atoms with van der Waals surface area (Å²) in [6.07, 6.45) is 9.52. The number of nitriles is 1. The molecule has 1 aliphatic heterocycles. The van der Waals surface area contributed by atoms with Crippen LogP contribution in [-0.2, 0) is 4.79 Å². The van der Waals surface area contributed by atoms with Crippen LogP contribution in [0.5, 0.6) is 5.75 Å². The summed E-state index contributed by atoms with van der Waals surface area (Å²) in [5.74, 6) is 0.910. The number of benzene rings is 1. The zero-order chi connectivity index (χ0) is 23.6. The minimum absolute atomic E-state index is 0.0218. The van der Waals surface area contributed by atoms with E-state index < -0.39 is 5.54 Å². The van der Waals surface area contributed by atoms with Gasteiger partial charge in [-0.2, -0.15) is 5.26 Å². The molecule has 2 aliphatic rings. The molecule has 0 bridgehead atoms. The number of allylic oxidation sites excluding steroid dienone is 4. The quantitative estimate of drug-likeness (QED) is 0.429. The van der Waals surface area contributed by atoms with E-state index in [-0.39, 0.29) is 11.8 Å². The number of carbonyl (C=O) groups excluding carboxylic acids is 1. The van der Waals surface area contributed by atoms with Gasteiger partial charge in [0, 0.05) is 35.6 Å². The van der Waals surface area contributed by atoms with Crippen molar-refractivity contribution in [2.24, 2.45) is 5.92 Å². The molecule has 1 fully saturated rings. The van der Waals surface area contributed by atoms with Crippen molar-refractivity contribution in [2.45, 2.75) is 45.6 Å². The molecule has 2 heterocycles. The average Bonchev–Trinajstić information content (AvgIpc) is 2.99. The Bertz CT molecular complexity index is 1190. The zero-order valence-corrected chi connectivity index (χ0v) is 20.1. The summed E-state index contributed by atoms with van der Waals surface area (Å²) in [6.45, 7) is 7.03. The van der Waals surface area contributed by atoms with E-state index in [1.165, 1.54) is 0 Å². The van der Waals surface area contributed by atoms with Crippen LogP contribution in [0.1, 0.15) is 40.0 Å². The maximum atomic E-state index is 13.3. The van der Waals surface area contributed by atoms with Gasteiger partial charge in [0.2, 0.25) is 0 Å². The van der Waals surface area contributed by atoms with Gasteiger partial charge >= 0.3 is 0 Å². The van der Waals surface area contributed by atoms with Crippen molar-refractivity contribution >= 4 is 34.0 Å². The van der Waals surface area contributed by atoms with Crippen molar-refractivity contribution < 1.29 is 9.53 Å². The topological polar surface area (TPSA) is 69.5 Å². The lowest BCUT2D eigenvalue weighted by molar-refractivity contribution is -0.130. The maximum Gasteiger partial charge on any atom is 0.258 e. The predicted octanol–water partition coefficient (Wildman–Crippen LogP) is 4.98. The minimum Gasteiger partial charge on any atom is -0.494 e. The van der Waals surface area contributed by atoms with Gasteiger partial charge in [-0.3, -0.25) is 14.7 Å². The summed E-state index contributed by atoms with van der Waals surface area (Å²) < 4.78 is 5.96. The first-order valence-corrected chi connectivity index (χ1v) is 11.7. The maximum absolute atomic E-state index is 13.3. The van der Waals surface area contributed by atoms with Crippen LogP contribution in [0, 0.1) is 17.2 Å². The third-order valence-electron chi connectivity index (χ3n) is 6.49. The SMILES string of the molecule is CCC1CC(N2C(=O)C(C)(C)N(CCCOc3ccc4cnccc4c3)C2=S)=CC=C1C#N. The number of hydrogen-bond acceptors (Lipinski definition) is 5. The van der Waals surface area contributed by atoms with Crippen LogP contribution >= 0.6 is 12.2 Å². The highest BCUT2D eigenvalue weighted by Crippen LogP contribution is 2.36. The Morgan fingerprint density at radius 1 is 1.27 bits per heavy atom. The Kier molecular flexibility index (Phi) is 6.48. The second-order valence-corrected chi connectivity index (χ2v) is 9.29. The number of hydrogen-bond donors (Lipinski definition) is 0. The lowest BCUT2D eigenvalue weighted by Crippen LogP contribution is -2.44. The molecule has 0 N–H and O–H groups in total. The van der Waals surface area contributed by atoms with E-state index in [9.17, 15) is 10.1 Å². The summed E-state index contributed by atoms with van der Waals surface area (Å²) in [5, 5.41) is 12.0. The summed E-state index contributed by atoms with van der Waals surface area (Å²) in [4.78, 5) is 21.1. The standard InChI is InChI=1S/C26H28N4O2S/c1-4-18-14-22(8-6-20(18)16-27)30-24(31)26(2,3)29(25(30)33)12-5-13-32-23-9-7-21-17-28-11-10-19(21)15-23/h6-11,15,17-18H,4-5,12-14H2,1-3H3. The molecule has 0 radical (unpaired) electrons. The molecule has 1 amide bonds. The molecular weight excluding hydrogens is 432 g/mol. The van der Waals surface area contributed by atoms with Gasteiger partial charge in [-0.05, 0) is 93.0 Å². The van der Waals surface area contributed by atoms with Gasteiger partial charge in [-0.15, -0.1) is 0 Å². The molecule has 170 valence electrons. The molecule has 7 heteroatoms. The van der Waals surface area contributed by atoms with Crippen LogP contribution < -0.4 is 4.74 Å². The molecule has 4 rings (SSSR count). The van der Waals surface area contributed by atoms with Crippen molar-refractivity contribution in [2.75, 3.05) is 13.2 Å². The molecule has 1 aromatic carbocycles. The second-order valence-electron chi connectivity index (χ2n) is 8.92. The van der Waals surface area contributed by atoms with Crippen LogP contribution in [0.15, 0.2) is 60.1 Å². The molecule has 1 aliphatic carbocycles. The summed E-state index contributed by atoms with van der Waals surface area (Å²) in [7, 11) is 0. The number of rotatable bonds is 7. The molecule has 0 spiro atoms. The number of pyridine rings is 1. The number of thiocarbonyl (C=S) groups is 1. The number of nitrogens with zero attached hydrogens (tertiary/aromatic N) is 4. The van der Waals surface area contributed by atoms with E-state index in [1.807, 2.05) is 61.4 Å². The average molecular weight is 461 g/mol. The van der Waals surface area contributed by atoms with Gasteiger partial charge in [-0.25, -0.2) is 0 Å². The fourth-order valence-corrected chi connectivity index (χ4v) is 4.96. The van der Waals surface area contributed by atoms with Crippen molar-refractivity contribution in [1.29, 1.82) is 5.26 Å². The molecule has 6 nitrogen and oxygen atoms in total. The van der Waals surface area contributed by atoms with Crippen molar-refractivity contribution in [3.05, 3.63) is 60.1 Å². The lowest BCUT2D eigenvalue weighted by atomic mass is 9.88. The van der Waals surface area contributed by atoms with Crippen LogP contribution in [0.3, 0.4) is 0 Å². The third-order valence-corrected chi connectivity index (χ3v) is 6.89. The molecule has 0 saturated carbocycles. The monoisotopic (exact) mass is 460 g/mol. The van der Waals surface area contributed by atoms with Crippen molar-refractivity contribution in [1.82, 2.24) is 14.8 Å². The molecule has 1 unspecified atom stereocenters. The van der Waals surface area contributed by atoms with E-state index in [0.717, 1.165) is 40.6 Å². The van der Waals surface area contributed by atoms with Crippen molar-refractivity contribution in [3.8, 4) is 11.8 Å². The lowest BCUT2D eigenvalue weighted by Gasteiger charge is -2.29. The predicted molar refractivity (Wildman–Crippen MR) is 132 cm³/mol. The highest BCUT2D eigenvalue weighted by molar-refractivity contribution is 7.80. The Hall–Kier alpha value is -3.24. The van der Waals surface area contributed by atoms with Gasteiger partial charge < -0.3 is 9.64 Å². The number of ether oxygens (including phenoxy) is 1. The smallest absolute Gasteiger partial charge is 0.258 e. The molecule has 1 atom stereocenters. The molecule has 1 saturated heterocycles. The minimum atomic E-state index is -0.727. The number of fused-ring (bicyclic) bond motifs is 1. The van der Waals surface area contributed by atoms with E-state index in [4.69, 9.17) is 17.0 Å². The van der Waals surface area contributed by atoms with E-state index >= 15 is 0 Å². The van der Waals surface area contributed by atoms with Crippen LogP contribution in [0.4, 0.5) is 0 Å². The van der Waals surface area contributed by atoms with Crippen LogP contribution in [0.2, 0.25) is 0 Å². The molecule has 2 aromatic rings. The van der Waals surface area contributed by atoms with E-state index in [0.29, 0.717) is 24.7 Å². The highest BCUT2D eigenvalue weighted by atomic mass is 32.1. The summed E-state index contributed by atoms with van der Waals surface area (Å²) in [5.41, 5.74) is 0.903. The van der Waals surface area contributed by atoms with Gasteiger partial charge in [0.1, 0.15) is 11.3 Å². The van der Waals surface area contributed by atoms with Gasteiger partial charge in [0.25, 0.3) is 5.91 Å². The molecule has 33 heavy (non-hydrogen) atoms. The van der Waals surface area contributed by atoms with E-state index in [1.54, 1.807) is 11.1 Å². The molecule has 1 aromatic heterocycles. The Labute approximate surface area is 200 Å². The highest BCUT2D eigenvalue weighted by Gasteiger charge is 2.49. The summed E-state index contributed by atoms with van der Waals surface area (Å²) >= 11 is 5.76. The fraction of sp³-hybridized carbons (Fsp3) is 0.385. The zero-order valence-electron chi connectivity index (χ0n) is 19.2. The second kappa shape index (κ2) is 9.32. The third kappa shape index (κ3) is 4.36. The van der Waals surface area contributed by atoms with Crippen LogP contribution in [0.25, 0.3) is 10.8 Å². The first-order chi connectivity index (χ1) is 15.9. The fourth-order valence-electron chi connectivity index (χ4n) is 4.44. The molecular formula is C26H28N4O2S. The first kappa shape index (κ1) is 22.9. The Balaban J connectivity index is 1.41. The van der Waals surface area contributed by atoms with E-state index in [2.05, 4.69) is 18.0 Å². The Morgan fingerprint density at radius 3 is 2.85 bits per heavy atom. The summed E-state index contributed by atoms with van der Waals surface area (Å²) in [6, 6.07) is 10.2.